The molecule has 0 spiro atoms. The molecule has 1 unspecified atom stereocenters. The third-order valence-corrected chi connectivity index (χ3v) is 1.15. The number of nitrogens with zero attached hydrogens (tertiary/aromatic N) is 1. The molecule has 0 aromatic heterocycles. The van der Waals surface area contributed by atoms with Crippen molar-refractivity contribution in [1.29, 1.82) is 0 Å². The first-order valence-electron chi connectivity index (χ1n) is 3.57. The fourth-order valence-corrected chi connectivity index (χ4v) is 0.977. The van der Waals surface area contributed by atoms with Crippen LogP contribution < -0.4 is 0 Å². The second-order valence-corrected chi connectivity index (χ2v) is 2.92. The van der Waals surface area contributed by atoms with Gasteiger partial charge in [0.15, 0.2) is 0 Å². The summed E-state index contributed by atoms with van der Waals surface area (Å²) in [6.07, 6.45) is -0.632. The molecular formula is C7H17NO2. The Kier molecular flexibility index (Phi) is 4.60. The van der Waals surface area contributed by atoms with Gasteiger partial charge in [-0.1, -0.05) is 0 Å². The predicted octanol–water partition coefficient (Wildman–Crippen LogP) is -0.320. The summed E-state index contributed by atoms with van der Waals surface area (Å²) in [4.78, 5) is 1.90. The normalized spacial score (nSPS) is 17.4. The first kappa shape index (κ1) is 9.88. The molecule has 0 saturated heterocycles. The Hall–Kier alpha value is -0.120. The third-order valence-electron chi connectivity index (χ3n) is 1.15. The zero-order valence-corrected chi connectivity index (χ0v) is 6.91. The Morgan fingerprint density at radius 2 is 1.40 bits per heavy atom. The third kappa shape index (κ3) is 6.01. The number of rotatable bonds is 4. The highest BCUT2D eigenvalue weighted by Gasteiger charge is 2.04. The molecule has 0 heterocycles. The molecule has 0 rings (SSSR count). The molecule has 0 aliphatic heterocycles. The van der Waals surface area contributed by atoms with E-state index < -0.39 is 0 Å². The van der Waals surface area contributed by atoms with Crippen LogP contribution in [0.25, 0.3) is 0 Å². The molecule has 62 valence electrons. The summed E-state index contributed by atoms with van der Waals surface area (Å²) in [6, 6.07) is 0. The topological polar surface area (TPSA) is 43.7 Å². The standard InChI is InChI=1S/C7H17NO2/c1-6(9)4-8(3)5-7(2)10/h6-7,9-10H,4-5H2,1-3H3/t6-,7?/m1/s1. The SMILES string of the molecule is CC(O)CN(C)C[C@@H](C)O. The summed E-state index contributed by atoms with van der Waals surface area (Å²) in [7, 11) is 1.87. The fourth-order valence-electron chi connectivity index (χ4n) is 0.977. The van der Waals surface area contributed by atoms with Crippen molar-refractivity contribution in [3.8, 4) is 0 Å². The highest BCUT2D eigenvalue weighted by Crippen LogP contribution is 1.90. The molecule has 0 bridgehead atoms. The van der Waals surface area contributed by atoms with E-state index in [1.807, 2.05) is 11.9 Å². The van der Waals surface area contributed by atoms with Gasteiger partial charge in [-0.05, 0) is 20.9 Å². The second-order valence-electron chi connectivity index (χ2n) is 2.92. The molecule has 3 heteroatoms. The van der Waals surface area contributed by atoms with Gasteiger partial charge in [0.05, 0.1) is 12.2 Å². The smallest absolute Gasteiger partial charge is 0.0638 e. The highest BCUT2D eigenvalue weighted by atomic mass is 16.3. The minimum atomic E-state index is -0.316. The van der Waals surface area contributed by atoms with Crippen molar-refractivity contribution in [3.05, 3.63) is 0 Å². The molecule has 3 nitrogen and oxygen atoms in total. The Morgan fingerprint density at radius 1 is 1.10 bits per heavy atom. The minimum Gasteiger partial charge on any atom is -0.392 e. The van der Waals surface area contributed by atoms with Crippen LogP contribution in [-0.4, -0.2) is 47.5 Å². The number of hydrogen-bond acceptors (Lipinski definition) is 3. The van der Waals surface area contributed by atoms with Gasteiger partial charge in [-0.3, -0.25) is 0 Å². The lowest BCUT2D eigenvalue weighted by molar-refractivity contribution is 0.0990. The van der Waals surface area contributed by atoms with Crippen LogP contribution in [-0.2, 0) is 0 Å². The van der Waals surface area contributed by atoms with Crippen LogP contribution in [0.4, 0.5) is 0 Å². The monoisotopic (exact) mass is 147 g/mol. The Bertz CT molecular complexity index is 73.7. The predicted molar refractivity (Wildman–Crippen MR) is 40.9 cm³/mol. The molecular weight excluding hydrogens is 130 g/mol. The van der Waals surface area contributed by atoms with Gasteiger partial charge in [0, 0.05) is 13.1 Å². The minimum absolute atomic E-state index is 0.316. The van der Waals surface area contributed by atoms with Gasteiger partial charge in [0.2, 0.25) is 0 Å². The van der Waals surface area contributed by atoms with Crippen LogP contribution in [0.1, 0.15) is 13.8 Å². The Labute approximate surface area is 62.3 Å². The average molecular weight is 147 g/mol. The molecule has 0 aromatic rings. The number of hydrogen-bond donors (Lipinski definition) is 2. The number of aliphatic hydroxyl groups is 2. The maximum atomic E-state index is 8.91. The summed E-state index contributed by atoms with van der Waals surface area (Å²) in [5.74, 6) is 0. The van der Waals surface area contributed by atoms with Crippen LogP contribution in [0.3, 0.4) is 0 Å². The first-order chi connectivity index (χ1) is 4.52. The summed E-state index contributed by atoms with van der Waals surface area (Å²) >= 11 is 0. The van der Waals surface area contributed by atoms with Gasteiger partial charge >= 0.3 is 0 Å². The number of likely N-dealkylation sites (N-methyl/N-ethyl adjacent to an activating group) is 1. The average Bonchev–Trinajstić information content (AvgIpc) is 1.58. The van der Waals surface area contributed by atoms with Crippen molar-refractivity contribution >= 4 is 0 Å². The molecule has 0 amide bonds. The summed E-state index contributed by atoms with van der Waals surface area (Å²) in [5.41, 5.74) is 0. The lowest BCUT2D eigenvalue weighted by atomic mass is 10.3. The maximum absolute atomic E-state index is 8.91. The summed E-state index contributed by atoms with van der Waals surface area (Å²) < 4.78 is 0. The fraction of sp³-hybridized carbons (Fsp3) is 1.00. The maximum Gasteiger partial charge on any atom is 0.0638 e. The number of aliphatic hydroxyl groups excluding tert-OH is 2. The van der Waals surface area contributed by atoms with Gasteiger partial charge in [0.25, 0.3) is 0 Å². The molecule has 2 N–H and O–H groups in total. The molecule has 0 aliphatic carbocycles. The van der Waals surface area contributed by atoms with Crippen molar-refractivity contribution in [3.63, 3.8) is 0 Å². The van der Waals surface area contributed by atoms with E-state index in [0.717, 1.165) is 0 Å². The first-order valence-corrected chi connectivity index (χ1v) is 3.57. The molecule has 0 aliphatic rings. The summed E-state index contributed by atoms with van der Waals surface area (Å²) in [5, 5.41) is 17.8. The zero-order chi connectivity index (χ0) is 8.15. The van der Waals surface area contributed by atoms with Crippen molar-refractivity contribution < 1.29 is 10.2 Å². The molecule has 10 heavy (non-hydrogen) atoms. The van der Waals surface area contributed by atoms with Crippen LogP contribution in [0.15, 0.2) is 0 Å². The van der Waals surface area contributed by atoms with Crippen molar-refractivity contribution in [2.75, 3.05) is 20.1 Å². The van der Waals surface area contributed by atoms with Gasteiger partial charge < -0.3 is 15.1 Å². The summed E-state index contributed by atoms with van der Waals surface area (Å²) in [6.45, 7) is 4.70. The van der Waals surface area contributed by atoms with E-state index >= 15 is 0 Å². The van der Waals surface area contributed by atoms with E-state index in [9.17, 15) is 0 Å². The van der Waals surface area contributed by atoms with Gasteiger partial charge in [0.1, 0.15) is 0 Å². The van der Waals surface area contributed by atoms with E-state index in [1.54, 1.807) is 13.8 Å². The van der Waals surface area contributed by atoms with E-state index in [0.29, 0.717) is 13.1 Å². The lowest BCUT2D eigenvalue weighted by Crippen LogP contribution is -2.32. The molecule has 0 aromatic carbocycles. The van der Waals surface area contributed by atoms with Gasteiger partial charge in [-0.25, -0.2) is 0 Å². The van der Waals surface area contributed by atoms with E-state index in [1.165, 1.54) is 0 Å². The van der Waals surface area contributed by atoms with E-state index in [4.69, 9.17) is 10.2 Å². The van der Waals surface area contributed by atoms with Crippen LogP contribution in [0, 0.1) is 0 Å². The molecule has 0 saturated carbocycles. The van der Waals surface area contributed by atoms with Crippen molar-refractivity contribution in [2.45, 2.75) is 26.1 Å². The van der Waals surface area contributed by atoms with Gasteiger partial charge in [-0.2, -0.15) is 0 Å². The van der Waals surface area contributed by atoms with Crippen LogP contribution in [0.2, 0.25) is 0 Å². The Balaban J connectivity index is 3.34. The zero-order valence-electron chi connectivity index (χ0n) is 6.91. The van der Waals surface area contributed by atoms with Crippen molar-refractivity contribution in [1.82, 2.24) is 4.90 Å². The highest BCUT2D eigenvalue weighted by molar-refractivity contribution is 4.58. The van der Waals surface area contributed by atoms with Crippen LogP contribution >= 0.6 is 0 Å². The largest absolute Gasteiger partial charge is 0.392 e. The lowest BCUT2D eigenvalue weighted by Gasteiger charge is -2.19. The molecule has 0 fully saturated rings. The van der Waals surface area contributed by atoms with Crippen LogP contribution in [0.5, 0.6) is 0 Å². The van der Waals surface area contributed by atoms with E-state index in [2.05, 4.69) is 0 Å². The van der Waals surface area contributed by atoms with Gasteiger partial charge in [-0.15, -0.1) is 0 Å². The van der Waals surface area contributed by atoms with Crippen molar-refractivity contribution in [2.24, 2.45) is 0 Å². The Morgan fingerprint density at radius 3 is 1.60 bits per heavy atom. The van der Waals surface area contributed by atoms with E-state index in [-0.39, 0.29) is 12.2 Å². The second kappa shape index (κ2) is 4.66. The quantitative estimate of drug-likeness (QED) is 0.573. The molecule has 0 radical (unpaired) electrons. The molecule has 2 atom stereocenters.